The average Bonchev–Trinajstić information content (AvgIpc) is 2.36. The van der Waals surface area contributed by atoms with Crippen molar-refractivity contribution in [3.63, 3.8) is 0 Å². The third-order valence-electron chi connectivity index (χ3n) is 1.76. The van der Waals surface area contributed by atoms with Gasteiger partial charge in [-0.3, -0.25) is 4.79 Å². The lowest BCUT2D eigenvalue weighted by atomic mass is 10.1. The highest BCUT2D eigenvalue weighted by Crippen LogP contribution is 2.16. The van der Waals surface area contributed by atoms with Crippen LogP contribution < -0.4 is 0 Å². The second-order valence-corrected chi connectivity index (χ2v) is 3.74. The van der Waals surface area contributed by atoms with Gasteiger partial charge in [-0.15, -0.1) is 11.3 Å². The van der Waals surface area contributed by atoms with E-state index in [0.29, 0.717) is 6.42 Å². The maximum Gasteiger partial charge on any atom is 0.306 e. The van der Waals surface area contributed by atoms with Crippen LogP contribution in [0.5, 0.6) is 0 Å². The Kier molecular flexibility index (Phi) is 2.81. The zero-order chi connectivity index (χ0) is 9.14. The van der Waals surface area contributed by atoms with Gasteiger partial charge in [0.2, 0.25) is 0 Å². The van der Waals surface area contributed by atoms with E-state index in [2.05, 4.69) is 4.98 Å². The minimum absolute atomic E-state index is 0.316. The highest BCUT2D eigenvalue weighted by Gasteiger charge is 2.13. The van der Waals surface area contributed by atoms with Crippen molar-refractivity contribution < 1.29 is 9.90 Å². The molecule has 1 N–H and O–H groups in total. The maximum atomic E-state index is 10.5. The first kappa shape index (κ1) is 9.19. The molecule has 0 aliphatic rings. The van der Waals surface area contributed by atoms with Crippen LogP contribution in [0.25, 0.3) is 0 Å². The molecule has 0 saturated heterocycles. The summed E-state index contributed by atoms with van der Waals surface area (Å²) in [5.74, 6) is -1.06. The predicted octanol–water partition coefficient (Wildman–Crippen LogP) is 1.71. The van der Waals surface area contributed by atoms with Crippen LogP contribution in [-0.4, -0.2) is 16.1 Å². The second-order valence-electron chi connectivity index (χ2n) is 2.80. The average molecular weight is 185 g/mol. The molecule has 1 aromatic heterocycles. The summed E-state index contributed by atoms with van der Waals surface area (Å²) in [6.07, 6.45) is 0.589. The summed E-state index contributed by atoms with van der Waals surface area (Å²) in [7, 11) is 0. The number of aromatic nitrogens is 1. The van der Waals surface area contributed by atoms with E-state index in [9.17, 15) is 4.79 Å². The molecule has 0 bridgehead atoms. The van der Waals surface area contributed by atoms with Gasteiger partial charge in [0.1, 0.15) is 0 Å². The Labute approximate surface area is 75.1 Å². The summed E-state index contributed by atoms with van der Waals surface area (Å²) >= 11 is 1.52. The Bertz CT molecular complexity index is 282. The van der Waals surface area contributed by atoms with E-state index in [-0.39, 0.29) is 5.92 Å². The van der Waals surface area contributed by atoms with Gasteiger partial charge in [-0.05, 0) is 13.3 Å². The van der Waals surface area contributed by atoms with Crippen molar-refractivity contribution in [3.05, 3.63) is 16.1 Å². The second kappa shape index (κ2) is 3.67. The first-order valence-electron chi connectivity index (χ1n) is 3.73. The van der Waals surface area contributed by atoms with Crippen LogP contribution in [0.4, 0.5) is 0 Å². The Morgan fingerprint density at radius 2 is 2.50 bits per heavy atom. The molecule has 1 atom stereocenters. The Hall–Kier alpha value is -0.900. The van der Waals surface area contributed by atoms with Crippen LogP contribution in [0.3, 0.4) is 0 Å². The summed E-state index contributed by atoms with van der Waals surface area (Å²) in [6, 6.07) is 0. The van der Waals surface area contributed by atoms with Crippen molar-refractivity contribution in [1.82, 2.24) is 4.98 Å². The number of carboxylic acids is 1. The van der Waals surface area contributed by atoms with Gasteiger partial charge in [0.25, 0.3) is 0 Å². The number of rotatable bonds is 3. The molecule has 3 nitrogen and oxygen atoms in total. The topological polar surface area (TPSA) is 50.2 Å². The molecule has 0 spiro atoms. The van der Waals surface area contributed by atoms with Gasteiger partial charge in [-0.1, -0.05) is 6.92 Å². The van der Waals surface area contributed by atoms with Crippen molar-refractivity contribution >= 4 is 17.3 Å². The first-order valence-corrected chi connectivity index (χ1v) is 4.61. The largest absolute Gasteiger partial charge is 0.481 e. The van der Waals surface area contributed by atoms with Crippen LogP contribution in [-0.2, 0) is 11.2 Å². The highest BCUT2D eigenvalue weighted by atomic mass is 32.1. The smallest absolute Gasteiger partial charge is 0.306 e. The Balaban J connectivity index is 2.64. The van der Waals surface area contributed by atoms with Gasteiger partial charge >= 0.3 is 5.97 Å². The van der Waals surface area contributed by atoms with Gasteiger partial charge in [0.05, 0.1) is 17.1 Å². The fourth-order valence-corrected chi connectivity index (χ4v) is 1.80. The molecule has 0 aliphatic carbocycles. The Morgan fingerprint density at radius 3 is 2.92 bits per heavy atom. The first-order chi connectivity index (χ1) is 5.61. The molecule has 1 unspecified atom stereocenters. The van der Waals surface area contributed by atoms with Crippen LogP contribution in [0.1, 0.15) is 17.5 Å². The number of carboxylic acid groups (broad SMARTS) is 1. The number of thiazole rings is 1. The van der Waals surface area contributed by atoms with Gasteiger partial charge in [0.15, 0.2) is 0 Å². The molecular weight excluding hydrogens is 174 g/mol. The summed E-state index contributed by atoms with van der Waals surface area (Å²) in [5.41, 5.74) is 2.70. The molecule has 66 valence electrons. The maximum absolute atomic E-state index is 10.5. The number of hydrogen-bond donors (Lipinski definition) is 1. The summed E-state index contributed by atoms with van der Waals surface area (Å²) in [5, 5.41) is 8.66. The van der Waals surface area contributed by atoms with Gasteiger partial charge in [-0.2, -0.15) is 0 Å². The zero-order valence-corrected chi connectivity index (χ0v) is 7.89. The third kappa shape index (κ3) is 2.04. The van der Waals surface area contributed by atoms with Gasteiger partial charge in [0, 0.05) is 4.88 Å². The number of aliphatic carboxylic acids is 1. The van der Waals surface area contributed by atoms with E-state index in [1.165, 1.54) is 11.3 Å². The normalized spacial score (nSPS) is 12.8. The van der Waals surface area contributed by atoms with E-state index in [1.54, 1.807) is 12.4 Å². The molecule has 1 rings (SSSR count). The number of aryl methyl sites for hydroxylation is 1. The van der Waals surface area contributed by atoms with Crippen molar-refractivity contribution in [2.45, 2.75) is 20.3 Å². The molecule has 12 heavy (non-hydrogen) atoms. The molecule has 4 heteroatoms. The van der Waals surface area contributed by atoms with Crippen LogP contribution in [0.15, 0.2) is 5.51 Å². The standard InChI is InChI=1S/C8H11NO2S/c1-5(8(10)11)3-7-6(2)9-4-12-7/h4-5H,3H2,1-2H3,(H,10,11). The number of nitrogens with zero attached hydrogens (tertiary/aromatic N) is 1. The van der Waals surface area contributed by atoms with E-state index in [0.717, 1.165) is 10.6 Å². The minimum Gasteiger partial charge on any atom is -0.481 e. The Morgan fingerprint density at radius 1 is 1.83 bits per heavy atom. The molecule has 0 fully saturated rings. The minimum atomic E-state index is -0.747. The zero-order valence-electron chi connectivity index (χ0n) is 7.07. The quantitative estimate of drug-likeness (QED) is 0.780. The molecule has 0 aliphatic heterocycles. The summed E-state index contributed by atoms with van der Waals surface area (Å²) < 4.78 is 0. The van der Waals surface area contributed by atoms with Crippen molar-refractivity contribution in [2.24, 2.45) is 5.92 Å². The molecule has 0 saturated carbocycles. The van der Waals surface area contributed by atoms with E-state index >= 15 is 0 Å². The van der Waals surface area contributed by atoms with Gasteiger partial charge < -0.3 is 5.11 Å². The summed E-state index contributed by atoms with van der Waals surface area (Å²) in [6.45, 7) is 3.61. The lowest BCUT2D eigenvalue weighted by Gasteiger charge is -2.03. The van der Waals surface area contributed by atoms with Gasteiger partial charge in [-0.25, -0.2) is 4.98 Å². The van der Waals surface area contributed by atoms with Crippen LogP contribution >= 0.6 is 11.3 Å². The monoisotopic (exact) mass is 185 g/mol. The van der Waals surface area contributed by atoms with E-state index in [1.807, 2.05) is 6.92 Å². The SMILES string of the molecule is Cc1ncsc1CC(C)C(=O)O. The lowest BCUT2D eigenvalue weighted by Crippen LogP contribution is -2.11. The number of carbonyl (C=O) groups is 1. The van der Waals surface area contributed by atoms with Crippen LogP contribution in [0, 0.1) is 12.8 Å². The summed E-state index contributed by atoms with van der Waals surface area (Å²) in [4.78, 5) is 15.6. The fraction of sp³-hybridized carbons (Fsp3) is 0.500. The lowest BCUT2D eigenvalue weighted by molar-refractivity contribution is -0.141. The van der Waals surface area contributed by atoms with E-state index < -0.39 is 5.97 Å². The number of hydrogen-bond acceptors (Lipinski definition) is 3. The molecule has 0 aromatic carbocycles. The predicted molar refractivity (Wildman–Crippen MR) is 47.4 cm³/mol. The molecule has 0 radical (unpaired) electrons. The van der Waals surface area contributed by atoms with Crippen molar-refractivity contribution in [2.75, 3.05) is 0 Å². The third-order valence-corrected chi connectivity index (χ3v) is 2.72. The molecular formula is C8H11NO2S. The molecule has 1 aromatic rings. The van der Waals surface area contributed by atoms with Crippen molar-refractivity contribution in [3.8, 4) is 0 Å². The fourth-order valence-electron chi connectivity index (χ4n) is 0.888. The molecule has 1 heterocycles. The van der Waals surface area contributed by atoms with E-state index in [4.69, 9.17) is 5.11 Å². The molecule has 0 amide bonds. The van der Waals surface area contributed by atoms with Crippen molar-refractivity contribution in [1.29, 1.82) is 0 Å². The van der Waals surface area contributed by atoms with Crippen LogP contribution in [0.2, 0.25) is 0 Å². The highest BCUT2D eigenvalue weighted by molar-refractivity contribution is 7.09.